The average Bonchev–Trinajstić information content (AvgIpc) is 2.94. The maximum atomic E-state index is 11.4. The monoisotopic (exact) mass is 345 g/mol. The molecule has 0 radical (unpaired) electrons. The van der Waals surface area contributed by atoms with Gasteiger partial charge < -0.3 is 15.4 Å². The zero-order valence-corrected chi connectivity index (χ0v) is 15.1. The van der Waals surface area contributed by atoms with Crippen molar-refractivity contribution in [1.82, 2.24) is 4.98 Å². The quantitative estimate of drug-likeness (QED) is 0.838. The van der Waals surface area contributed by atoms with Gasteiger partial charge in [-0.05, 0) is 44.0 Å². The van der Waals surface area contributed by atoms with Gasteiger partial charge in [0, 0.05) is 36.2 Å². The van der Waals surface area contributed by atoms with Crippen LogP contribution in [0.2, 0.25) is 0 Å². The minimum atomic E-state index is 0.0976. The van der Waals surface area contributed by atoms with Gasteiger partial charge in [0.15, 0.2) is 0 Å². The summed E-state index contributed by atoms with van der Waals surface area (Å²) < 4.78 is 5.13. The Labute approximate surface area is 146 Å². The van der Waals surface area contributed by atoms with Crippen molar-refractivity contribution in [3.05, 3.63) is 39.3 Å². The first kappa shape index (κ1) is 16.9. The summed E-state index contributed by atoms with van der Waals surface area (Å²) in [6.45, 7) is 4.91. The number of nitrogens with one attached hydrogen (secondary N) is 2. The Morgan fingerprint density at radius 1 is 1.42 bits per heavy atom. The Balaban J connectivity index is 1.72. The summed E-state index contributed by atoms with van der Waals surface area (Å²) in [5, 5.41) is 7.59. The largest absolute Gasteiger partial charge is 0.384 e. The van der Waals surface area contributed by atoms with Crippen LogP contribution >= 0.6 is 11.3 Å². The number of carbonyl (C=O) groups is 1. The van der Waals surface area contributed by atoms with E-state index in [9.17, 15) is 4.79 Å². The number of carbonyl (C=O) groups excluding carboxylic acids is 1. The zero-order valence-electron chi connectivity index (χ0n) is 14.3. The van der Waals surface area contributed by atoms with Crippen LogP contribution in [0.3, 0.4) is 0 Å². The number of thiazole rings is 1. The van der Waals surface area contributed by atoms with E-state index in [1.54, 1.807) is 18.4 Å². The molecule has 1 amide bonds. The minimum Gasteiger partial charge on any atom is -0.384 e. The zero-order chi connectivity index (χ0) is 17.1. The molecule has 1 atom stereocenters. The molecular formula is C18H23N3O2S. The molecule has 2 aromatic rings. The van der Waals surface area contributed by atoms with Gasteiger partial charge in [-0.1, -0.05) is 0 Å². The van der Waals surface area contributed by atoms with Gasteiger partial charge in [0.2, 0.25) is 5.91 Å². The number of hydrogen-bond donors (Lipinski definition) is 2. The van der Waals surface area contributed by atoms with Gasteiger partial charge in [0.25, 0.3) is 0 Å². The van der Waals surface area contributed by atoms with E-state index in [4.69, 9.17) is 4.74 Å². The fraction of sp³-hybridized carbons (Fsp3) is 0.444. The fourth-order valence-corrected chi connectivity index (χ4v) is 4.00. The first-order valence-corrected chi connectivity index (χ1v) is 9.03. The van der Waals surface area contributed by atoms with Gasteiger partial charge in [-0.2, -0.15) is 0 Å². The maximum absolute atomic E-state index is 11.4. The molecule has 128 valence electrons. The summed E-state index contributed by atoms with van der Waals surface area (Å²) in [6, 6.07) is 6.32. The van der Waals surface area contributed by atoms with Crippen LogP contribution in [0.5, 0.6) is 0 Å². The summed E-state index contributed by atoms with van der Waals surface area (Å²) in [5.74, 6) is 0.0976. The molecule has 0 bridgehead atoms. The first-order chi connectivity index (χ1) is 11.6. The highest BCUT2D eigenvalue weighted by Gasteiger charge is 2.17. The second-order valence-corrected chi connectivity index (χ2v) is 7.20. The predicted molar refractivity (Wildman–Crippen MR) is 97.9 cm³/mol. The van der Waals surface area contributed by atoms with E-state index >= 15 is 0 Å². The summed E-state index contributed by atoms with van der Waals surface area (Å²) in [5.41, 5.74) is 4.27. The number of aryl methyl sites for hydroxylation is 2. The molecule has 0 fully saturated rings. The lowest BCUT2D eigenvalue weighted by molar-refractivity contribution is -0.116. The molecule has 0 saturated heterocycles. The normalized spacial score (nSPS) is 14.9. The lowest BCUT2D eigenvalue weighted by Crippen LogP contribution is -2.19. The number of benzene rings is 1. The maximum Gasteiger partial charge on any atom is 0.224 e. The van der Waals surface area contributed by atoms with Crippen molar-refractivity contribution in [2.45, 2.75) is 39.2 Å². The molecule has 0 unspecified atom stereocenters. The average molecular weight is 345 g/mol. The van der Waals surface area contributed by atoms with Crippen molar-refractivity contribution in [3.8, 4) is 0 Å². The molecule has 1 aliphatic heterocycles. The number of amides is 1. The Hall–Kier alpha value is -1.92. The van der Waals surface area contributed by atoms with E-state index in [2.05, 4.69) is 35.5 Å². The summed E-state index contributed by atoms with van der Waals surface area (Å²) in [4.78, 5) is 17.3. The van der Waals surface area contributed by atoms with Crippen LogP contribution in [-0.4, -0.2) is 24.6 Å². The van der Waals surface area contributed by atoms with Crippen LogP contribution in [0.15, 0.2) is 18.2 Å². The topological polar surface area (TPSA) is 63.2 Å². The van der Waals surface area contributed by atoms with Crippen LogP contribution < -0.4 is 10.6 Å². The third-order valence-electron chi connectivity index (χ3n) is 4.17. The van der Waals surface area contributed by atoms with E-state index < -0.39 is 0 Å². The van der Waals surface area contributed by atoms with Crippen LogP contribution in [0.1, 0.15) is 40.5 Å². The number of rotatable bonds is 6. The van der Waals surface area contributed by atoms with Crippen LogP contribution in [-0.2, 0) is 22.4 Å². The lowest BCUT2D eigenvalue weighted by Gasteiger charge is -2.20. The molecule has 0 saturated carbocycles. The van der Waals surface area contributed by atoms with E-state index in [0.717, 1.165) is 34.9 Å². The Morgan fingerprint density at radius 3 is 3.04 bits per heavy atom. The van der Waals surface area contributed by atoms with Gasteiger partial charge >= 0.3 is 0 Å². The first-order valence-electron chi connectivity index (χ1n) is 8.21. The molecule has 1 aromatic heterocycles. The van der Waals surface area contributed by atoms with Crippen LogP contribution in [0.4, 0.5) is 11.4 Å². The number of fused-ring (bicyclic) bond motifs is 1. The van der Waals surface area contributed by atoms with Crippen LogP contribution in [0.25, 0.3) is 0 Å². The number of aromatic nitrogens is 1. The van der Waals surface area contributed by atoms with Crippen molar-refractivity contribution in [1.29, 1.82) is 0 Å². The predicted octanol–water partition coefficient (Wildman–Crippen LogP) is 3.70. The number of anilines is 2. The fourth-order valence-electron chi connectivity index (χ4n) is 2.95. The van der Waals surface area contributed by atoms with E-state index in [0.29, 0.717) is 13.0 Å². The van der Waals surface area contributed by atoms with Gasteiger partial charge in [-0.15, -0.1) is 11.3 Å². The van der Waals surface area contributed by atoms with Crippen molar-refractivity contribution in [2.24, 2.45) is 0 Å². The number of hydrogen-bond acceptors (Lipinski definition) is 5. The highest BCUT2D eigenvalue weighted by Crippen LogP contribution is 2.31. The third-order valence-corrected chi connectivity index (χ3v) is 5.57. The summed E-state index contributed by atoms with van der Waals surface area (Å²) >= 11 is 1.75. The number of methoxy groups -OCH3 is 1. The number of nitrogens with zero attached hydrogens (tertiary/aromatic N) is 1. The summed E-state index contributed by atoms with van der Waals surface area (Å²) in [7, 11) is 1.71. The second kappa shape index (κ2) is 7.32. The highest BCUT2D eigenvalue weighted by molar-refractivity contribution is 7.11. The molecule has 0 spiro atoms. The van der Waals surface area contributed by atoms with Crippen molar-refractivity contribution in [3.63, 3.8) is 0 Å². The molecule has 1 aromatic carbocycles. The Morgan fingerprint density at radius 2 is 2.25 bits per heavy atom. The second-order valence-electron chi connectivity index (χ2n) is 6.09. The van der Waals surface area contributed by atoms with Gasteiger partial charge in [0.05, 0.1) is 23.4 Å². The Bertz CT molecular complexity index is 742. The standard InChI is InChI=1S/C18H23N3O2S/c1-11(18-12(2)20-17(24-18)8-9-23-3)19-14-5-6-15-13(10-14)4-7-16(22)21-15/h5-6,10-11,19H,4,7-9H2,1-3H3,(H,21,22)/t11-/m1/s1. The summed E-state index contributed by atoms with van der Waals surface area (Å²) in [6.07, 6.45) is 2.21. The van der Waals surface area contributed by atoms with E-state index in [1.807, 2.05) is 12.1 Å². The lowest BCUT2D eigenvalue weighted by atomic mass is 10.0. The molecule has 24 heavy (non-hydrogen) atoms. The van der Waals surface area contributed by atoms with Gasteiger partial charge in [-0.25, -0.2) is 4.98 Å². The highest BCUT2D eigenvalue weighted by atomic mass is 32.1. The molecular weight excluding hydrogens is 322 g/mol. The van der Waals surface area contributed by atoms with Crippen molar-refractivity contribution < 1.29 is 9.53 Å². The van der Waals surface area contributed by atoms with E-state index in [-0.39, 0.29) is 11.9 Å². The van der Waals surface area contributed by atoms with Crippen LogP contribution in [0, 0.1) is 6.92 Å². The SMILES string of the molecule is COCCc1nc(C)c([C@@H](C)Nc2ccc3c(c2)CCC(=O)N3)s1. The van der Waals surface area contributed by atoms with Gasteiger partial charge in [0.1, 0.15) is 0 Å². The molecule has 3 rings (SSSR count). The Kier molecular flexibility index (Phi) is 5.16. The van der Waals surface area contributed by atoms with Gasteiger partial charge in [-0.3, -0.25) is 4.79 Å². The molecule has 1 aliphatic rings. The third kappa shape index (κ3) is 3.76. The van der Waals surface area contributed by atoms with E-state index in [1.165, 1.54) is 10.4 Å². The van der Waals surface area contributed by atoms with Crippen molar-refractivity contribution in [2.75, 3.05) is 24.4 Å². The smallest absolute Gasteiger partial charge is 0.224 e. The minimum absolute atomic E-state index is 0.0976. The molecule has 6 heteroatoms. The number of ether oxygens (including phenoxy) is 1. The molecule has 0 aliphatic carbocycles. The molecule has 2 N–H and O–H groups in total. The molecule has 2 heterocycles. The molecule has 5 nitrogen and oxygen atoms in total. The van der Waals surface area contributed by atoms with Crippen molar-refractivity contribution >= 4 is 28.6 Å².